The maximum atomic E-state index is 10.8. The van der Waals surface area contributed by atoms with E-state index in [1.54, 1.807) is 11.0 Å². The van der Waals surface area contributed by atoms with Crippen LogP contribution in [0.25, 0.3) is 0 Å². The van der Waals surface area contributed by atoms with E-state index in [-0.39, 0.29) is 5.41 Å². The Kier molecular flexibility index (Phi) is 2.74. The van der Waals surface area contributed by atoms with Gasteiger partial charge >= 0.3 is 96.1 Å². The van der Waals surface area contributed by atoms with E-state index in [0.29, 0.717) is 12.0 Å². The predicted molar refractivity (Wildman–Crippen MR) is 63.4 cm³/mol. The Morgan fingerprint density at radius 1 is 1.62 bits per heavy atom. The van der Waals surface area contributed by atoms with Crippen LogP contribution in [0.5, 0.6) is 0 Å². The number of aliphatic hydroxyl groups is 1. The third-order valence-corrected chi connectivity index (χ3v) is 4.11. The second kappa shape index (κ2) is 3.80. The van der Waals surface area contributed by atoms with Crippen molar-refractivity contribution in [2.24, 2.45) is 5.41 Å². The van der Waals surface area contributed by atoms with Crippen LogP contribution < -0.4 is 0 Å². The van der Waals surface area contributed by atoms with Crippen molar-refractivity contribution < 1.29 is 5.11 Å². The maximum absolute atomic E-state index is 10.8. The summed E-state index contributed by atoms with van der Waals surface area (Å²) in [5.74, 6) is 0. The molecule has 1 aromatic rings. The molecule has 1 aromatic heterocycles. The summed E-state index contributed by atoms with van der Waals surface area (Å²) in [5, 5.41) is 14.8. The molecule has 1 aliphatic carbocycles. The van der Waals surface area contributed by atoms with E-state index in [4.69, 9.17) is 7.49 Å². The van der Waals surface area contributed by atoms with E-state index in [9.17, 15) is 5.11 Å². The first-order valence-electron chi connectivity index (χ1n) is 5.68. The van der Waals surface area contributed by atoms with Crippen LogP contribution >= 0.6 is 0 Å². The van der Waals surface area contributed by atoms with Gasteiger partial charge in [-0.3, -0.25) is 0 Å². The molecule has 2 unspecified atom stereocenters. The summed E-state index contributed by atoms with van der Waals surface area (Å²) in [5.41, 5.74) is -0.453. The minimum atomic E-state index is -0.963. The molecule has 0 spiro atoms. The Balaban J connectivity index is 2.30. The van der Waals surface area contributed by atoms with Gasteiger partial charge in [-0.15, -0.1) is 0 Å². The van der Waals surface area contributed by atoms with Crippen LogP contribution in [0.3, 0.4) is 0 Å². The molecule has 1 N–H and O–H groups in total. The molecule has 1 radical (unpaired) electrons. The van der Waals surface area contributed by atoms with Crippen molar-refractivity contribution in [1.82, 2.24) is 14.8 Å². The molecule has 1 aliphatic rings. The number of rotatable bonds is 3. The molecule has 85 valence electrons. The Hall–Kier alpha value is -0.965. The molecule has 0 aromatic carbocycles. The zero-order valence-corrected chi connectivity index (χ0v) is 9.85. The molecule has 2 rings (SSSR count). The second-order valence-corrected chi connectivity index (χ2v) is 4.89. The molecule has 4 nitrogen and oxygen atoms in total. The summed E-state index contributed by atoms with van der Waals surface area (Å²) in [4.78, 5) is 3.88. The van der Waals surface area contributed by atoms with Gasteiger partial charge in [-0.25, -0.2) is 0 Å². The monoisotopic (exact) mass is 218 g/mol. The van der Waals surface area contributed by atoms with E-state index in [2.05, 4.69) is 23.9 Å². The fraction of sp³-hybridized carbons (Fsp3) is 0.727. The van der Waals surface area contributed by atoms with Gasteiger partial charge in [0.15, 0.2) is 0 Å². The fourth-order valence-corrected chi connectivity index (χ4v) is 2.52. The van der Waals surface area contributed by atoms with Crippen LogP contribution in [0, 0.1) is 5.41 Å². The predicted octanol–water partition coefficient (Wildman–Crippen LogP) is 0.560. The molecule has 0 bridgehead atoms. The van der Waals surface area contributed by atoms with Crippen molar-refractivity contribution >= 4 is 13.0 Å². The van der Waals surface area contributed by atoms with E-state index in [1.165, 1.54) is 6.33 Å². The first-order chi connectivity index (χ1) is 7.52. The van der Waals surface area contributed by atoms with E-state index in [1.807, 2.05) is 0 Å². The number of nitrogens with zero attached hydrogens (tertiary/aromatic N) is 3. The van der Waals surface area contributed by atoms with Gasteiger partial charge in [0.2, 0.25) is 0 Å². The van der Waals surface area contributed by atoms with Gasteiger partial charge in [-0.1, -0.05) is 0 Å². The van der Waals surface area contributed by atoms with Gasteiger partial charge in [0.05, 0.1) is 0 Å². The van der Waals surface area contributed by atoms with Gasteiger partial charge in [0.1, 0.15) is 0 Å². The number of aromatic nitrogens is 3. The van der Waals surface area contributed by atoms with E-state index in [0.717, 1.165) is 19.3 Å². The molecule has 0 saturated heterocycles. The van der Waals surface area contributed by atoms with Crippen LogP contribution in [-0.2, 0) is 6.54 Å². The van der Waals surface area contributed by atoms with Crippen LogP contribution in [-0.4, -0.2) is 38.4 Å². The molecular weight excluding hydrogens is 201 g/mol. The van der Waals surface area contributed by atoms with Gasteiger partial charge in [0, 0.05) is 0 Å². The van der Waals surface area contributed by atoms with Gasteiger partial charge < -0.3 is 0 Å². The number of hydrogen-bond acceptors (Lipinski definition) is 3. The first-order valence-corrected chi connectivity index (χ1v) is 5.68. The van der Waals surface area contributed by atoms with Gasteiger partial charge in [-0.05, 0) is 0 Å². The summed E-state index contributed by atoms with van der Waals surface area (Å²) in [6, 6.07) is 0. The molecule has 16 heavy (non-hydrogen) atoms. The average Bonchev–Trinajstić information content (AvgIpc) is 2.83. The third-order valence-electron chi connectivity index (χ3n) is 4.11. The molecule has 1 fully saturated rings. The quantitative estimate of drug-likeness (QED) is 0.754. The van der Waals surface area contributed by atoms with Crippen LogP contribution in [0.2, 0.25) is 0 Å². The van der Waals surface area contributed by atoms with E-state index >= 15 is 0 Å². The van der Waals surface area contributed by atoms with Gasteiger partial charge in [0.25, 0.3) is 0 Å². The summed E-state index contributed by atoms with van der Waals surface area (Å²) in [6.45, 7) is 4.57. The molecule has 2 atom stereocenters. The van der Waals surface area contributed by atoms with Crippen LogP contribution in [0.1, 0.15) is 33.1 Å². The Bertz CT molecular complexity index is 392. The Morgan fingerprint density at radius 3 is 2.94 bits per heavy atom. The second-order valence-electron chi connectivity index (χ2n) is 4.89. The van der Waals surface area contributed by atoms with Crippen molar-refractivity contribution in [3.05, 3.63) is 12.7 Å². The van der Waals surface area contributed by atoms with E-state index < -0.39 is 5.60 Å². The summed E-state index contributed by atoms with van der Waals surface area (Å²) < 4.78 is 1.64. The standard InChI is InChI=1S/C11H17BN3O/c1-3-10(2)5-4-9(12)11(10,16)6-15-8-13-7-14-15/h7-8,16H,3-6H2,1-2H3. The van der Waals surface area contributed by atoms with Crippen LogP contribution in [0.4, 0.5) is 0 Å². The van der Waals surface area contributed by atoms with Crippen molar-refractivity contribution in [3.63, 3.8) is 0 Å². The van der Waals surface area contributed by atoms with Crippen molar-refractivity contribution in [2.45, 2.75) is 45.3 Å². The topological polar surface area (TPSA) is 50.9 Å². The van der Waals surface area contributed by atoms with Crippen molar-refractivity contribution in [1.29, 1.82) is 0 Å². The Labute approximate surface area is 96.8 Å². The zero-order valence-electron chi connectivity index (χ0n) is 9.85. The Morgan fingerprint density at radius 2 is 2.38 bits per heavy atom. The molecule has 0 amide bonds. The minimum absolute atomic E-state index is 0.164. The third kappa shape index (κ3) is 1.54. The average molecular weight is 218 g/mol. The summed E-state index contributed by atoms with van der Waals surface area (Å²) in [6.07, 6.45) is 5.70. The first kappa shape index (κ1) is 11.5. The molecule has 5 heteroatoms. The van der Waals surface area contributed by atoms with Crippen molar-refractivity contribution in [2.75, 3.05) is 0 Å². The SMILES string of the molecule is [B]=C1CCC(C)(CC)C1(O)Cn1cncn1. The summed E-state index contributed by atoms with van der Waals surface area (Å²) in [7, 11) is 5.99. The molecular formula is C11H17BN3O. The summed E-state index contributed by atoms with van der Waals surface area (Å²) >= 11 is 0. The normalized spacial score (nSPS) is 34.5. The van der Waals surface area contributed by atoms with Gasteiger partial charge in [-0.2, -0.15) is 0 Å². The fourth-order valence-electron chi connectivity index (χ4n) is 2.52. The van der Waals surface area contributed by atoms with Crippen molar-refractivity contribution in [3.8, 4) is 0 Å². The van der Waals surface area contributed by atoms with Crippen LogP contribution in [0.15, 0.2) is 12.7 Å². The molecule has 1 heterocycles. The molecule has 1 saturated carbocycles. The molecule has 0 aliphatic heterocycles. The number of hydrogen-bond donors (Lipinski definition) is 1. The zero-order chi connectivity index (χ0) is 11.8.